The lowest BCUT2D eigenvalue weighted by Gasteiger charge is -2.23. The maximum absolute atomic E-state index is 13.9. The van der Waals surface area contributed by atoms with Crippen LogP contribution in [0.25, 0.3) is 0 Å². The van der Waals surface area contributed by atoms with Gasteiger partial charge in [-0.2, -0.15) is 4.31 Å². The van der Waals surface area contributed by atoms with Gasteiger partial charge in [0.05, 0.1) is 4.92 Å². The molecule has 0 spiro atoms. The summed E-state index contributed by atoms with van der Waals surface area (Å²) in [7, 11) is -0.379. The Bertz CT molecular complexity index is 852. The van der Waals surface area contributed by atoms with Crippen molar-refractivity contribution in [3.8, 4) is 0 Å². The van der Waals surface area contributed by atoms with Crippen LogP contribution in [0, 0.1) is 15.9 Å². The van der Waals surface area contributed by atoms with Crippen molar-refractivity contribution in [1.29, 1.82) is 0 Å². The molecule has 1 aromatic carbocycles. The number of nitro groups is 1. The number of rotatable bonds is 8. The first-order valence-electron chi connectivity index (χ1n) is 7.34. The van der Waals surface area contributed by atoms with Gasteiger partial charge in [-0.3, -0.25) is 10.1 Å². The van der Waals surface area contributed by atoms with E-state index in [-0.39, 0.29) is 27.9 Å². The minimum Gasteiger partial charge on any atom is -0.308 e. The second-order valence-corrected chi connectivity index (χ2v) is 8.81. The molecule has 0 saturated heterocycles. The number of hydrogen-bond acceptors (Lipinski definition) is 6. The molecule has 0 radical (unpaired) electrons. The van der Waals surface area contributed by atoms with Crippen LogP contribution in [0.15, 0.2) is 40.6 Å². The third-order valence-corrected chi connectivity index (χ3v) is 6.79. The standard InChI is InChI=1S/C15H18FN3O4S2/c1-17(2)9-10-18(11-12-5-3-4-6-13(12)16)25(22,23)15-8-7-14(24-15)19(20)21/h3-8H,9-11H2,1-2H3. The first-order chi connectivity index (χ1) is 11.7. The Balaban J connectivity index is 2.35. The van der Waals surface area contributed by atoms with E-state index in [1.807, 2.05) is 0 Å². The SMILES string of the molecule is CN(C)CCN(Cc1ccccc1F)S(=O)(=O)c1ccc([N+](=O)[O-])s1. The molecule has 0 aliphatic rings. The minimum atomic E-state index is -3.97. The quantitative estimate of drug-likeness (QED) is 0.513. The molecular weight excluding hydrogens is 369 g/mol. The number of halogens is 1. The van der Waals surface area contributed by atoms with Crippen molar-refractivity contribution in [2.75, 3.05) is 27.2 Å². The Morgan fingerprint density at radius 1 is 1.16 bits per heavy atom. The predicted octanol–water partition coefficient (Wildman–Crippen LogP) is 2.55. The highest BCUT2D eigenvalue weighted by atomic mass is 32.2. The minimum absolute atomic E-state index is 0.130. The molecule has 2 rings (SSSR count). The van der Waals surface area contributed by atoms with Crippen LogP contribution in [-0.2, 0) is 16.6 Å². The van der Waals surface area contributed by atoms with Gasteiger partial charge in [0.25, 0.3) is 10.0 Å². The molecule has 10 heteroatoms. The molecule has 0 amide bonds. The second kappa shape index (κ2) is 8.00. The maximum Gasteiger partial charge on any atom is 0.325 e. The number of benzene rings is 1. The summed E-state index contributed by atoms with van der Waals surface area (Å²) in [5.41, 5.74) is 0.246. The molecule has 7 nitrogen and oxygen atoms in total. The van der Waals surface area contributed by atoms with E-state index in [1.54, 1.807) is 25.1 Å². The van der Waals surface area contributed by atoms with Crippen LogP contribution in [-0.4, -0.2) is 49.7 Å². The summed E-state index contributed by atoms with van der Waals surface area (Å²) < 4.78 is 40.7. The Morgan fingerprint density at radius 3 is 2.40 bits per heavy atom. The largest absolute Gasteiger partial charge is 0.325 e. The zero-order chi connectivity index (χ0) is 18.6. The smallest absolute Gasteiger partial charge is 0.308 e. The van der Waals surface area contributed by atoms with Crippen LogP contribution in [0.1, 0.15) is 5.56 Å². The maximum atomic E-state index is 13.9. The van der Waals surface area contributed by atoms with E-state index in [1.165, 1.54) is 24.3 Å². The summed E-state index contributed by atoms with van der Waals surface area (Å²) in [6.07, 6.45) is 0. The molecule has 0 bridgehead atoms. The van der Waals surface area contributed by atoms with Crippen LogP contribution < -0.4 is 0 Å². The van der Waals surface area contributed by atoms with Gasteiger partial charge in [-0.1, -0.05) is 18.2 Å². The molecule has 1 heterocycles. The van der Waals surface area contributed by atoms with Crippen molar-refractivity contribution in [2.45, 2.75) is 10.8 Å². The van der Waals surface area contributed by atoms with E-state index in [0.717, 1.165) is 10.4 Å². The summed E-state index contributed by atoms with van der Waals surface area (Å²) >= 11 is 0.589. The number of thiophene rings is 1. The number of likely N-dealkylation sites (N-methyl/N-ethyl adjacent to an activating group) is 1. The molecule has 0 aliphatic carbocycles. The summed E-state index contributed by atoms with van der Waals surface area (Å²) in [4.78, 5) is 12.0. The molecule has 0 N–H and O–H groups in total. The molecule has 136 valence electrons. The van der Waals surface area contributed by atoms with E-state index in [9.17, 15) is 22.9 Å². The van der Waals surface area contributed by atoms with E-state index >= 15 is 0 Å². The van der Waals surface area contributed by atoms with Gasteiger partial charge in [0.1, 0.15) is 10.0 Å². The van der Waals surface area contributed by atoms with Gasteiger partial charge in [0.15, 0.2) is 0 Å². The van der Waals surface area contributed by atoms with Crippen LogP contribution >= 0.6 is 11.3 Å². The molecule has 0 fully saturated rings. The summed E-state index contributed by atoms with van der Waals surface area (Å²) in [5, 5.41) is 10.6. The van der Waals surface area contributed by atoms with Crippen LogP contribution in [0.5, 0.6) is 0 Å². The van der Waals surface area contributed by atoms with Crippen LogP contribution in [0.4, 0.5) is 9.39 Å². The van der Waals surface area contributed by atoms with E-state index in [0.29, 0.717) is 17.9 Å². The number of sulfonamides is 1. The lowest BCUT2D eigenvalue weighted by Crippen LogP contribution is -2.36. The predicted molar refractivity (Wildman–Crippen MR) is 93.5 cm³/mol. The summed E-state index contributed by atoms with van der Waals surface area (Å²) in [6.45, 7) is 0.422. The van der Waals surface area contributed by atoms with Crippen molar-refractivity contribution in [3.05, 3.63) is 57.9 Å². The Morgan fingerprint density at radius 2 is 1.84 bits per heavy atom. The first kappa shape index (κ1) is 19.4. The summed E-state index contributed by atoms with van der Waals surface area (Å²) in [5.74, 6) is -0.496. The van der Waals surface area contributed by atoms with Gasteiger partial charge >= 0.3 is 5.00 Å². The lowest BCUT2D eigenvalue weighted by atomic mass is 10.2. The molecule has 0 aliphatic heterocycles. The van der Waals surface area contributed by atoms with Gasteiger partial charge < -0.3 is 4.90 Å². The molecule has 0 unspecified atom stereocenters. The third-order valence-electron chi connectivity index (χ3n) is 3.44. The number of nitrogens with zero attached hydrogens (tertiary/aromatic N) is 3. The van der Waals surface area contributed by atoms with Crippen LogP contribution in [0.2, 0.25) is 0 Å². The fourth-order valence-electron chi connectivity index (χ4n) is 2.09. The fraction of sp³-hybridized carbons (Fsp3) is 0.333. The summed E-state index contributed by atoms with van der Waals surface area (Å²) in [6, 6.07) is 8.31. The lowest BCUT2D eigenvalue weighted by molar-refractivity contribution is -0.380. The Labute approximate surface area is 149 Å². The van der Waals surface area contributed by atoms with Crippen molar-refractivity contribution in [1.82, 2.24) is 9.21 Å². The average Bonchev–Trinajstić information content (AvgIpc) is 3.03. The molecule has 2 aromatic rings. The van der Waals surface area contributed by atoms with Gasteiger partial charge in [0, 0.05) is 31.3 Å². The van der Waals surface area contributed by atoms with E-state index in [4.69, 9.17) is 0 Å². The Kier molecular flexibility index (Phi) is 6.22. The molecule has 0 atom stereocenters. The van der Waals surface area contributed by atoms with Gasteiger partial charge in [-0.15, -0.1) is 0 Å². The monoisotopic (exact) mass is 387 g/mol. The Hall–Kier alpha value is -1.88. The van der Waals surface area contributed by atoms with Gasteiger partial charge in [0.2, 0.25) is 0 Å². The third kappa shape index (κ3) is 4.82. The molecular formula is C15H18FN3O4S2. The average molecular weight is 387 g/mol. The highest BCUT2D eigenvalue weighted by molar-refractivity contribution is 7.91. The molecule has 25 heavy (non-hydrogen) atoms. The highest BCUT2D eigenvalue weighted by Crippen LogP contribution is 2.30. The van der Waals surface area contributed by atoms with Gasteiger partial charge in [-0.25, -0.2) is 12.8 Å². The zero-order valence-corrected chi connectivity index (χ0v) is 15.4. The van der Waals surface area contributed by atoms with Crippen molar-refractivity contribution < 1.29 is 17.7 Å². The van der Waals surface area contributed by atoms with Gasteiger partial charge in [-0.05, 0) is 37.6 Å². The number of hydrogen-bond donors (Lipinski definition) is 0. The van der Waals surface area contributed by atoms with E-state index in [2.05, 4.69) is 0 Å². The van der Waals surface area contributed by atoms with Crippen molar-refractivity contribution in [2.24, 2.45) is 0 Å². The van der Waals surface area contributed by atoms with E-state index < -0.39 is 20.8 Å². The normalized spacial score (nSPS) is 12.0. The first-order valence-corrected chi connectivity index (χ1v) is 9.60. The topological polar surface area (TPSA) is 83.8 Å². The van der Waals surface area contributed by atoms with Crippen LogP contribution in [0.3, 0.4) is 0 Å². The molecule has 0 saturated carbocycles. The van der Waals surface area contributed by atoms with Crippen molar-refractivity contribution in [3.63, 3.8) is 0 Å². The fourth-order valence-corrected chi connectivity index (χ4v) is 4.76. The highest BCUT2D eigenvalue weighted by Gasteiger charge is 2.28. The zero-order valence-electron chi connectivity index (χ0n) is 13.8. The molecule has 1 aromatic heterocycles. The second-order valence-electron chi connectivity index (χ2n) is 5.58. The van der Waals surface area contributed by atoms with Crippen molar-refractivity contribution >= 4 is 26.4 Å².